The van der Waals surface area contributed by atoms with E-state index in [0.717, 1.165) is 29.4 Å². The van der Waals surface area contributed by atoms with Gasteiger partial charge < -0.3 is 5.73 Å². The van der Waals surface area contributed by atoms with Crippen LogP contribution >= 0.6 is 11.8 Å². The number of hydrogen-bond donors (Lipinski definition) is 1. The Bertz CT molecular complexity index is 532. The van der Waals surface area contributed by atoms with Crippen molar-refractivity contribution >= 4 is 17.4 Å². The van der Waals surface area contributed by atoms with Crippen molar-refractivity contribution in [3.05, 3.63) is 29.8 Å². The van der Waals surface area contributed by atoms with Gasteiger partial charge in [-0.25, -0.2) is 4.68 Å². The van der Waals surface area contributed by atoms with Gasteiger partial charge >= 0.3 is 0 Å². The molecule has 1 aromatic carbocycles. The van der Waals surface area contributed by atoms with Crippen LogP contribution in [0.2, 0.25) is 0 Å². The van der Waals surface area contributed by atoms with Crippen molar-refractivity contribution in [3.8, 4) is 0 Å². The van der Waals surface area contributed by atoms with E-state index in [9.17, 15) is 0 Å². The first-order chi connectivity index (χ1) is 9.33. The number of nitrogens with zero attached hydrogens (tertiary/aromatic N) is 4. The molecule has 0 bridgehead atoms. The summed E-state index contributed by atoms with van der Waals surface area (Å²) in [5.74, 6) is 1.04. The molecule has 1 fully saturated rings. The predicted molar refractivity (Wildman–Crippen MR) is 76.0 cm³/mol. The third-order valence-corrected chi connectivity index (χ3v) is 4.20. The molecular formula is C13H17N5S. The fourth-order valence-corrected chi connectivity index (χ4v) is 2.84. The Morgan fingerprint density at radius 2 is 2.05 bits per heavy atom. The number of thioether (sulfide) groups is 1. The van der Waals surface area contributed by atoms with E-state index >= 15 is 0 Å². The van der Waals surface area contributed by atoms with Gasteiger partial charge in [-0.1, -0.05) is 23.9 Å². The molecule has 19 heavy (non-hydrogen) atoms. The molecule has 0 radical (unpaired) electrons. The number of rotatable bonds is 6. The van der Waals surface area contributed by atoms with E-state index in [-0.39, 0.29) is 0 Å². The lowest BCUT2D eigenvalue weighted by molar-refractivity contribution is 0.565. The summed E-state index contributed by atoms with van der Waals surface area (Å²) in [4.78, 5) is 0. The van der Waals surface area contributed by atoms with Crippen molar-refractivity contribution in [1.29, 1.82) is 0 Å². The Morgan fingerprint density at radius 3 is 2.79 bits per heavy atom. The molecule has 0 spiro atoms. The number of aromatic nitrogens is 4. The van der Waals surface area contributed by atoms with Crippen molar-refractivity contribution in [2.45, 2.75) is 36.9 Å². The molecule has 0 saturated heterocycles. The molecule has 1 heterocycles. The fraction of sp³-hybridized carbons (Fsp3) is 0.462. The van der Waals surface area contributed by atoms with Crippen molar-refractivity contribution in [1.82, 2.24) is 20.2 Å². The summed E-state index contributed by atoms with van der Waals surface area (Å²) in [6.07, 6.45) is 4.61. The number of nitrogen functional groups attached to an aromatic ring is 1. The van der Waals surface area contributed by atoms with Crippen LogP contribution in [0.25, 0.3) is 0 Å². The summed E-state index contributed by atoms with van der Waals surface area (Å²) in [6, 6.07) is 8.64. The summed E-state index contributed by atoms with van der Waals surface area (Å²) < 4.78 is 1.97. The highest BCUT2D eigenvalue weighted by Crippen LogP contribution is 2.36. The Kier molecular flexibility index (Phi) is 3.68. The first-order valence-corrected chi connectivity index (χ1v) is 7.56. The third-order valence-electron chi connectivity index (χ3n) is 3.18. The van der Waals surface area contributed by atoms with E-state index in [0.29, 0.717) is 6.04 Å². The minimum atomic E-state index is 0.551. The van der Waals surface area contributed by atoms with Crippen LogP contribution in [0.1, 0.15) is 30.9 Å². The van der Waals surface area contributed by atoms with Gasteiger partial charge in [0.15, 0.2) is 0 Å². The van der Waals surface area contributed by atoms with Gasteiger partial charge in [-0.3, -0.25) is 0 Å². The van der Waals surface area contributed by atoms with Gasteiger partial charge in [-0.15, -0.1) is 5.10 Å². The van der Waals surface area contributed by atoms with Crippen LogP contribution in [0.4, 0.5) is 5.69 Å². The highest BCUT2D eigenvalue weighted by molar-refractivity contribution is 7.99. The predicted octanol–water partition coefficient (Wildman–Crippen LogP) is 2.32. The zero-order valence-electron chi connectivity index (χ0n) is 10.7. The largest absolute Gasteiger partial charge is 0.399 e. The standard InChI is InChI=1S/C13H17N5S/c14-11-5-3-10(4-6-11)2-1-9-19-13-15-16-17-18(13)12-7-8-12/h3-6,12H,1-2,7-9,14H2. The second-order valence-electron chi connectivity index (χ2n) is 4.83. The second kappa shape index (κ2) is 5.61. The topological polar surface area (TPSA) is 69.6 Å². The van der Waals surface area contributed by atoms with Crippen molar-refractivity contribution in [2.75, 3.05) is 11.5 Å². The Hall–Kier alpha value is -1.56. The van der Waals surface area contributed by atoms with Crippen molar-refractivity contribution in [3.63, 3.8) is 0 Å². The first-order valence-electron chi connectivity index (χ1n) is 6.58. The number of anilines is 1. The summed E-state index contributed by atoms with van der Waals surface area (Å²) >= 11 is 1.75. The lowest BCUT2D eigenvalue weighted by Crippen LogP contribution is -1.99. The number of hydrogen-bond acceptors (Lipinski definition) is 5. The van der Waals surface area contributed by atoms with Gasteiger partial charge in [0.05, 0.1) is 6.04 Å². The molecule has 1 aliphatic carbocycles. The van der Waals surface area contributed by atoms with E-state index in [2.05, 4.69) is 27.7 Å². The van der Waals surface area contributed by atoms with E-state index in [1.165, 1.54) is 18.4 Å². The Morgan fingerprint density at radius 1 is 1.26 bits per heavy atom. The minimum absolute atomic E-state index is 0.551. The molecule has 0 atom stereocenters. The van der Waals surface area contributed by atoms with Gasteiger partial charge in [0, 0.05) is 11.4 Å². The molecule has 1 saturated carbocycles. The van der Waals surface area contributed by atoms with Gasteiger partial charge in [0.25, 0.3) is 0 Å². The highest BCUT2D eigenvalue weighted by atomic mass is 32.2. The zero-order chi connectivity index (χ0) is 13.1. The maximum atomic E-state index is 5.67. The van der Waals surface area contributed by atoms with Crippen LogP contribution in [-0.2, 0) is 6.42 Å². The van der Waals surface area contributed by atoms with Crippen LogP contribution in [0, 0.1) is 0 Å². The van der Waals surface area contributed by atoms with Crippen LogP contribution in [-0.4, -0.2) is 26.0 Å². The SMILES string of the molecule is Nc1ccc(CCCSc2nnnn2C2CC2)cc1. The zero-order valence-corrected chi connectivity index (χ0v) is 11.5. The van der Waals surface area contributed by atoms with Crippen LogP contribution in [0.3, 0.4) is 0 Å². The quantitative estimate of drug-likeness (QED) is 0.498. The van der Waals surface area contributed by atoms with E-state index < -0.39 is 0 Å². The normalized spacial score (nSPS) is 14.7. The summed E-state index contributed by atoms with van der Waals surface area (Å²) in [5.41, 5.74) is 7.82. The van der Waals surface area contributed by atoms with Crippen molar-refractivity contribution < 1.29 is 0 Å². The van der Waals surface area contributed by atoms with Crippen LogP contribution < -0.4 is 5.73 Å². The van der Waals surface area contributed by atoms with Gasteiger partial charge in [-0.2, -0.15) is 0 Å². The molecule has 6 heteroatoms. The molecule has 5 nitrogen and oxygen atoms in total. The molecule has 2 aromatic rings. The molecule has 0 unspecified atom stereocenters. The monoisotopic (exact) mass is 275 g/mol. The Balaban J connectivity index is 1.45. The smallest absolute Gasteiger partial charge is 0.209 e. The number of benzene rings is 1. The molecule has 100 valence electrons. The lowest BCUT2D eigenvalue weighted by Gasteiger charge is -2.03. The minimum Gasteiger partial charge on any atom is -0.399 e. The molecule has 1 aliphatic rings. The van der Waals surface area contributed by atoms with Gasteiger partial charge in [-0.05, 0) is 53.8 Å². The third kappa shape index (κ3) is 3.26. The molecule has 3 rings (SSSR count). The van der Waals surface area contributed by atoms with E-state index in [4.69, 9.17) is 5.73 Å². The highest BCUT2D eigenvalue weighted by Gasteiger charge is 2.27. The maximum Gasteiger partial charge on any atom is 0.209 e. The number of aryl methyl sites for hydroxylation is 1. The summed E-state index contributed by atoms with van der Waals surface area (Å²) in [5, 5.41) is 12.8. The van der Waals surface area contributed by atoms with Crippen molar-refractivity contribution in [2.24, 2.45) is 0 Å². The van der Waals surface area contributed by atoms with E-state index in [1.54, 1.807) is 11.8 Å². The molecule has 0 aliphatic heterocycles. The molecule has 1 aromatic heterocycles. The maximum absolute atomic E-state index is 5.67. The van der Waals surface area contributed by atoms with Crippen LogP contribution in [0.15, 0.2) is 29.4 Å². The first kappa shape index (κ1) is 12.5. The molecular weight excluding hydrogens is 258 g/mol. The fourth-order valence-electron chi connectivity index (χ4n) is 1.95. The van der Waals surface area contributed by atoms with E-state index in [1.807, 2.05) is 16.8 Å². The van der Waals surface area contributed by atoms with Crippen LogP contribution in [0.5, 0.6) is 0 Å². The lowest BCUT2D eigenvalue weighted by atomic mass is 10.1. The number of nitrogens with two attached hydrogens (primary N) is 1. The summed E-state index contributed by atoms with van der Waals surface area (Å²) in [7, 11) is 0. The van der Waals surface area contributed by atoms with Gasteiger partial charge in [0.1, 0.15) is 0 Å². The Labute approximate surface area is 116 Å². The average molecular weight is 275 g/mol. The molecule has 2 N–H and O–H groups in total. The van der Waals surface area contributed by atoms with Gasteiger partial charge in [0.2, 0.25) is 5.16 Å². The average Bonchev–Trinajstić information content (AvgIpc) is 3.16. The second-order valence-corrected chi connectivity index (χ2v) is 5.89. The number of tetrazole rings is 1. The summed E-state index contributed by atoms with van der Waals surface area (Å²) in [6.45, 7) is 0. The molecule has 0 amide bonds.